The van der Waals surface area contributed by atoms with Gasteiger partial charge in [0.1, 0.15) is 11.5 Å². The Morgan fingerprint density at radius 2 is 1.74 bits per heavy atom. The van der Waals surface area contributed by atoms with Crippen molar-refractivity contribution < 1.29 is 24.9 Å². The second-order valence-electron chi connectivity index (χ2n) is 9.27. The van der Waals surface area contributed by atoms with E-state index in [1.807, 2.05) is 42.5 Å². The van der Waals surface area contributed by atoms with Crippen LogP contribution in [0.25, 0.3) is 22.0 Å². The highest BCUT2D eigenvalue weighted by atomic mass is 16.5. The van der Waals surface area contributed by atoms with E-state index in [0.29, 0.717) is 41.1 Å². The lowest BCUT2D eigenvalue weighted by atomic mass is 10.0. The number of aromatic hydroxyl groups is 1. The number of hydrogen-bond acceptors (Lipinski definition) is 6. The van der Waals surface area contributed by atoms with Gasteiger partial charge in [0.25, 0.3) is 0 Å². The zero-order valence-electron chi connectivity index (χ0n) is 21.5. The van der Waals surface area contributed by atoms with Crippen molar-refractivity contribution in [2.45, 2.75) is 31.8 Å². The normalized spacial score (nSPS) is 11.8. The second-order valence-corrected chi connectivity index (χ2v) is 9.27. The Balaban J connectivity index is 1.16. The van der Waals surface area contributed by atoms with E-state index in [-0.39, 0.29) is 11.3 Å². The quantitative estimate of drug-likeness (QED) is 0.129. The number of hydrogen-bond donors (Lipinski definition) is 6. The number of anilines is 1. The number of aromatic nitrogens is 1. The van der Waals surface area contributed by atoms with E-state index in [4.69, 9.17) is 4.74 Å². The van der Waals surface area contributed by atoms with Crippen LogP contribution in [-0.2, 0) is 0 Å². The van der Waals surface area contributed by atoms with Gasteiger partial charge in [-0.05, 0) is 54.8 Å². The Morgan fingerprint density at radius 3 is 2.54 bits per heavy atom. The van der Waals surface area contributed by atoms with Crippen LogP contribution in [0.4, 0.5) is 10.5 Å². The minimum Gasteiger partial charge on any atom is -0.506 e. The van der Waals surface area contributed by atoms with E-state index in [9.17, 15) is 24.9 Å². The van der Waals surface area contributed by atoms with Crippen molar-refractivity contribution in [1.29, 1.82) is 0 Å². The van der Waals surface area contributed by atoms with Crippen LogP contribution in [0.1, 0.15) is 37.4 Å². The van der Waals surface area contributed by atoms with Crippen molar-refractivity contribution in [3.8, 4) is 22.6 Å². The predicted molar refractivity (Wildman–Crippen MR) is 152 cm³/mol. The fourth-order valence-electron chi connectivity index (χ4n) is 4.50. The maximum Gasteiger partial charge on any atom is 0.409 e. The molecular formula is C30H33N3O6. The van der Waals surface area contributed by atoms with E-state index in [1.54, 1.807) is 18.2 Å². The molecule has 1 aromatic heterocycles. The summed E-state index contributed by atoms with van der Waals surface area (Å²) in [5, 5.41) is 36.2. The summed E-state index contributed by atoms with van der Waals surface area (Å²) in [5.74, 6) is 0.581. The summed E-state index contributed by atoms with van der Waals surface area (Å²) in [7, 11) is 0. The van der Waals surface area contributed by atoms with E-state index < -0.39 is 12.2 Å². The lowest BCUT2D eigenvalue weighted by Gasteiger charge is -2.15. The van der Waals surface area contributed by atoms with Crippen LogP contribution in [0.5, 0.6) is 11.5 Å². The lowest BCUT2D eigenvalue weighted by molar-refractivity contribution is 0.176. The number of ether oxygens (including phenoxy) is 1. The van der Waals surface area contributed by atoms with Crippen molar-refractivity contribution in [1.82, 2.24) is 10.3 Å². The summed E-state index contributed by atoms with van der Waals surface area (Å²) >= 11 is 0. The van der Waals surface area contributed by atoms with Crippen molar-refractivity contribution in [3.63, 3.8) is 0 Å². The van der Waals surface area contributed by atoms with Gasteiger partial charge in [-0.3, -0.25) is 10.1 Å². The fourth-order valence-corrected chi connectivity index (χ4v) is 4.50. The van der Waals surface area contributed by atoms with Gasteiger partial charge in [0, 0.05) is 29.6 Å². The van der Waals surface area contributed by atoms with Crippen LogP contribution in [0, 0.1) is 0 Å². The number of amides is 1. The molecule has 39 heavy (non-hydrogen) atoms. The highest BCUT2D eigenvalue weighted by Gasteiger charge is 2.14. The monoisotopic (exact) mass is 531 g/mol. The van der Waals surface area contributed by atoms with Crippen LogP contribution in [-0.4, -0.2) is 46.1 Å². The molecule has 0 saturated carbocycles. The Hall–Kier alpha value is -4.34. The first-order chi connectivity index (χ1) is 18.9. The number of benzene rings is 3. The first kappa shape index (κ1) is 27.7. The molecule has 0 fully saturated rings. The second kappa shape index (κ2) is 13.5. The van der Waals surface area contributed by atoms with Crippen molar-refractivity contribution in [3.05, 3.63) is 88.7 Å². The largest absolute Gasteiger partial charge is 0.506 e. The number of aliphatic hydroxyl groups excluding tert-OH is 1. The van der Waals surface area contributed by atoms with Gasteiger partial charge in [0.05, 0.1) is 23.9 Å². The van der Waals surface area contributed by atoms with E-state index in [0.717, 1.165) is 43.4 Å². The Labute approximate surface area is 226 Å². The number of aromatic amines is 1. The van der Waals surface area contributed by atoms with Gasteiger partial charge in [-0.1, -0.05) is 49.2 Å². The molecule has 0 spiro atoms. The van der Waals surface area contributed by atoms with Crippen LogP contribution < -0.4 is 20.9 Å². The Bertz CT molecular complexity index is 1450. The molecule has 9 nitrogen and oxygen atoms in total. The summed E-state index contributed by atoms with van der Waals surface area (Å²) in [6.45, 7) is 1.63. The number of fused-ring (bicyclic) bond motifs is 1. The van der Waals surface area contributed by atoms with Crippen LogP contribution in [0.2, 0.25) is 0 Å². The van der Waals surface area contributed by atoms with Gasteiger partial charge < -0.3 is 30.4 Å². The molecule has 0 aliphatic rings. The fraction of sp³-hybridized carbons (Fsp3) is 0.267. The molecule has 0 aliphatic carbocycles. The molecule has 4 aromatic rings. The molecule has 6 N–H and O–H groups in total. The van der Waals surface area contributed by atoms with Gasteiger partial charge in [-0.25, -0.2) is 4.79 Å². The molecule has 1 atom stereocenters. The average Bonchev–Trinajstić information content (AvgIpc) is 2.93. The highest BCUT2D eigenvalue weighted by Crippen LogP contribution is 2.32. The van der Waals surface area contributed by atoms with Gasteiger partial charge in [-0.15, -0.1) is 0 Å². The molecule has 1 amide bonds. The number of phenolic OH excluding ortho intramolecular Hbond substituents is 1. The number of rotatable bonds is 13. The minimum absolute atomic E-state index is 0.0304. The third kappa shape index (κ3) is 7.59. The molecule has 0 bridgehead atoms. The Morgan fingerprint density at radius 1 is 0.949 bits per heavy atom. The molecule has 4 rings (SSSR count). The molecule has 0 saturated heterocycles. The highest BCUT2D eigenvalue weighted by molar-refractivity contribution is 5.91. The average molecular weight is 532 g/mol. The predicted octanol–water partition coefficient (Wildman–Crippen LogP) is 5.25. The molecule has 0 aliphatic heterocycles. The van der Waals surface area contributed by atoms with Gasteiger partial charge >= 0.3 is 6.09 Å². The molecule has 0 unspecified atom stereocenters. The number of pyridine rings is 1. The number of aliphatic hydroxyl groups is 1. The maximum absolute atomic E-state index is 11.6. The first-order valence-electron chi connectivity index (χ1n) is 13.0. The zero-order valence-corrected chi connectivity index (χ0v) is 21.5. The van der Waals surface area contributed by atoms with Gasteiger partial charge in [0.2, 0.25) is 5.56 Å². The summed E-state index contributed by atoms with van der Waals surface area (Å²) in [5.41, 5.74) is 2.84. The van der Waals surface area contributed by atoms with Crippen LogP contribution in [0.15, 0.2) is 77.6 Å². The summed E-state index contributed by atoms with van der Waals surface area (Å²) < 4.78 is 5.86. The number of unbranched alkanes of at least 4 members (excludes halogenated alkanes) is 3. The molecule has 1 heterocycles. The SMILES string of the molecule is O=C(O)Nc1cc(OCCCCCCNC[C@@H](O)c2ccc(O)c3[nH]c(=O)ccc23)ccc1-c1ccccc1. The minimum atomic E-state index is -1.13. The number of carboxylic acid groups (broad SMARTS) is 1. The van der Waals surface area contributed by atoms with Crippen molar-refractivity contribution >= 4 is 22.7 Å². The Kier molecular flexibility index (Phi) is 9.55. The molecule has 9 heteroatoms. The van der Waals surface area contributed by atoms with Crippen molar-refractivity contribution in [2.75, 3.05) is 25.0 Å². The number of H-pyrrole nitrogens is 1. The third-order valence-electron chi connectivity index (χ3n) is 6.44. The van der Waals surface area contributed by atoms with Crippen LogP contribution in [0.3, 0.4) is 0 Å². The third-order valence-corrected chi connectivity index (χ3v) is 6.44. The number of nitrogens with one attached hydrogen (secondary N) is 3. The molecule has 3 aromatic carbocycles. The topological polar surface area (TPSA) is 144 Å². The molecule has 0 radical (unpaired) electrons. The number of carbonyl (C=O) groups is 1. The summed E-state index contributed by atoms with van der Waals surface area (Å²) in [6.07, 6.45) is 1.87. The number of phenols is 1. The smallest absolute Gasteiger partial charge is 0.409 e. The lowest BCUT2D eigenvalue weighted by Crippen LogP contribution is -2.22. The molecule has 204 valence electrons. The summed E-state index contributed by atoms with van der Waals surface area (Å²) in [6, 6.07) is 21.1. The van der Waals surface area contributed by atoms with E-state index in [1.165, 1.54) is 12.1 Å². The van der Waals surface area contributed by atoms with E-state index in [2.05, 4.69) is 15.6 Å². The summed E-state index contributed by atoms with van der Waals surface area (Å²) in [4.78, 5) is 25.4. The standard InChI is InChI=1S/C30H33N3O6/c34-26-14-12-23(24-13-15-28(36)33-29(24)26)27(35)19-31-16-6-1-2-7-17-39-21-10-11-22(20-8-4-3-5-9-20)25(18-21)32-30(37)38/h3-5,8-15,18,27,31-32,34-35H,1-2,6-7,16-17,19H2,(H,33,36)(H,37,38)/t27-/m1/s1. The van der Waals surface area contributed by atoms with Crippen LogP contribution >= 0.6 is 0 Å². The first-order valence-corrected chi connectivity index (χ1v) is 13.0. The maximum atomic E-state index is 11.6. The van der Waals surface area contributed by atoms with Gasteiger partial charge in [0.15, 0.2) is 0 Å². The molecular weight excluding hydrogens is 498 g/mol. The zero-order chi connectivity index (χ0) is 27.6. The van der Waals surface area contributed by atoms with Crippen molar-refractivity contribution in [2.24, 2.45) is 0 Å². The van der Waals surface area contributed by atoms with Gasteiger partial charge in [-0.2, -0.15) is 0 Å². The van der Waals surface area contributed by atoms with E-state index >= 15 is 0 Å².